The summed E-state index contributed by atoms with van der Waals surface area (Å²) in [4.78, 5) is 19.2. The largest absolute Gasteiger partial charge is 0.484 e. The Bertz CT molecular complexity index is 766. The zero-order valence-electron chi connectivity index (χ0n) is 15.4. The van der Waals surface area contributed by atoms with Gasteiger partial charge < -0.3 is 14.2 Å². The number of nitrogens with zero attached hydrogens (tertiary/aromatic N) is 3. The number of carbonyl (C=O) groups excluding carboxylic acids is 1. The molecule has 2 aromatic rings. The quantitative estimate of drug-likeness (QED) is 0.800. The van der Waals surface area contributed by atoms with Gasteiger partial charge in [0.25, 0.3) is 5.91 Å². The lowest BCUT2D eigenvalue weighted by atomic mass is 9.97. The lowest BCUT2D eigenvalue weighted by Crippen LogP contribution is -2.42. The first-order valence-corrected chi connectivity index (χ1v) is 9.67. The summed E-state index contributed by atoms with van der Waals surface area (Å²) < 4.78 is 8.01. The molecule has 0 spiro atoms. The Morgan fingerprint density at radius 3 is 3.00 bits per heavy atom. The molecule has 26 heavy (non-hydrogen) atoms. The highest BCUT2D eigenvalue weighted by Crippen LogP contribution is 2.33. The van der Waals surface area contributed by atoms with Gasteiger partial charge in [0, 0.05) is 37.9 Å². The van der Waals surface area contributed by atoms with E-state index in [-0.39, 0.29) is 12.5 Å². The number of hydrogen-bond donors (Lipinski definition) is 0. The van der Waals surface area contributed by atoms with Crippen LogP contribution in [0.1, 0.15) is 43.0 Å². The van der Waals surface area contributed by atoms with E-state index < -0.39 is 0 Å². The third-order valence-electron chi connectivity index (χ3n) is 5.39. The summed E-state index contributed by atoms with van der Waals surface area (Å²) in [5, 5.41) is 0. The maximum absolute atomic E-state index is 12.6. The summed E-state index contributed by atoms with van der Waals surface area (Å²) in [5.41, 5.74) is 1.13. The van der Waals surface area contributed by atoms with Gasteiger partial charge in [0.05, 0.1) is 0 Å². The van der Waals surface area contributed by atoms with Gasteiger partial charge in [-0.3, -0.25) is 4.79 Å². The highest BCUT2D eigenvalue weighted by Gasteiger charge is 2.29. The fourth-order valence-corrected chi connectivity index (χ4v) is 3.77. The summed E-state index contributed by atoms with van der Waals surface area (Å²) in [6.45, 7) is 4.77. The van der Waals surface area contributed by atoms with Crippen molar-refractivity contribution in [1.82, 2.24) is 14.5 Å². The van der Waals surface area contributed by atoms with Crippen molar-refractivity contribution in [1.29, 1.82) is 0 Å². The lowest BCUT2D eigenvalue weighted by Gasteiger charge is -2.32. The minimum absolute atomic E-state index is 0.0662. The number of hydrogen-bond acceptors (Lipinski definition) is 3. The second-order valence-corrected chi connectivity index (χ2v) is 7.67. The number of ether oxygens (including phenoxy) is 1. The molecule has 5 nitrogen and oxygen atoms in total. The minimum Gasteiger partial charge on any atom is -0.484 e. The van der Waals surface area contributed by atoms with Crippen LogP contribution in [0, 0.1) is 12.8 Å². The third kappa shape index (κ3) is 4.09. The Morgan fingerprint density at radius 2 is 2.19 bits per heavy atom. The van der Waals surface area contributed by atoms with Gasteiger partial charge in [0.1, 0.15) is 11.6 Å². The van der Waals surface area contributed by atoms with E-state index in [0.29, 0.717) is 5.92 Å². The summed E-state index contributed by atoms with van der Waals surface area (Å²) >= 11 is 0. The molecule has 1 aromatic carbocycles. The van der Waals surface area contributed by atoms with Crippen LogP contribution in [0.25, 0.3) is 0 Å². The van der Waals surface area contributed by atoms with Crippen molar-refractivity contribution in [3.8, 4) is 5.75 Å². The minimum atomic E-state index is 0.0662. The van der Waals surface area contributed by atoms with Crippen LogP contribution >= 0.6 is 0 Å². The maximum atomic E-state index is 12.6. The first kappa shape index (κ1) is 17.1. The van der Waals surface area contributed by atoms with Crippen LogP contribution in [0.3, 0.4) is 0 Å². The molecule has 138 valence electrons. The molecular weight excluding hydrogens is 326 g/mol. The molecule has 2 fully saturated rings. The van der Waals surface area contributed by atoms with Crippen LogP contribution in [-0.4, -0.2) is 40.1 Å². The van der Waals surface area contributed by atoms with Crippen molar-refractivity contribution >= 4 is 5.91 Å². The molecule has 1 saturated carbocycles. The van der Waals surface area contributed by atoms with Crippen molar-refractivity contribution in [3.63, 3.8) is 0 Å². The predicted molar refractivity (Wildman–Crippen MR) is 100 cm³/mol. The molecule has 0 radical (unpaired) electrons. The van der Waals surface area contributed by atoms with E-state index in [1.54, 1.807) is 0 Å². The van der Waals surface area contributed by atoms with Crippen LogP contribution < -0.4 is 4.74 Å². The highest BCUT2D eigenvalue weighted by molar-refractivity contribution is 5.78. The number of likely N-dealkylation sites (tertiary alicyclic amines) is 1. The Kier molecular flexibility index (Phi) is 4.96. The molecule has 0 bridgehead atoms. The van der Waals surface area contributed by atoms with Crippen molar-refractivity contribution in [2.75, 3.05) is 19.7 Å². The van der Waals surface area contributed by atoms with Crippen LogP contribution in [0.5, 0.6) is 5.75 Å². The van der Waals surface area contributed by atoms with E-state index in [1.165, 1.54) is 12.8 Å². The van der Waals surface area contributed by atoms with E-state index >= 15 is 0 Å². The summed E-state index contributed by atoms with van der Waals surface area (Å²) in [7, 11) is 0. The van der Waals surface area contributed by atoms with Crippen molar-refractivity contribution < 1.29 is 9.53 Å². The average molecular weight is 353 g/mol. The first-order chi connectivity index (χ1) is 12.7. The van der Waals surface area contributed by atoms with E-state index in [1.807, 2.05) is 42.3 Å². The van der Waals surface area contributed by atoms with Crippen LogP contribution in [0.4, 0.5) is 0 Å². The van der Waals surface area contributed by atoms with Gasteiger partial charge in [-0.1, -0.05) is 12.1 Å². The molecule has 1 aliphatic carbocycles. The SMILES string of the molecule is Cc1cccc(OCC(=O)N2CCC[C@@H](c3nccn3CC3CC3)C2)c1. The summed E-state index contributed by atoms with van der Waals surface area (Å²) in [6, 6.07) is 7.83. The van der Waals surface area contributed by atoms with Crippen molar-refractivity contribution in [2.45, 2.75) is 45.1 Å². The van der Waals surface area contributed by atoms with Crippen LogP contribution in [-0.2, 0) is 11.3 Å². The van der Waals surface area contributed by atoms with Gasteiger partial charge in [-0.25, -0.2) is 4.98 Å². The number of piperidine rings is 1. The second kappa shape index (κ2) is 7.52. The fourth-order valence-electron chi connectivity index (χ4n) is 3.77. The van der Waals surface area contributed by atoms with Gasteiger partial charge in [-0.15, -0.1) is 0 Å². The molecule has 2 heterocycles. The first-order valence-electron chi connectivity index (χ1n) is 9.67. The summed E-state index contributed by atoms with van der Waals surface area (Å²) in [5.74, 6) is 3.13. The molecule has 1 amide bonds. The maximum Gasteiger partial charge on any atom is 0.260 e. The van der Waals surface area contributed by atoms with E-state index in [2.05, 4.69) is 15.7 Å². The topological polar surface area (TPSA) is 47.4 Å². The molecule has 4 rings (SSSR count). The van der Waals surface area contributed by atoms with Crippen molar-refractivity contribution in [2.24, 2.45) is 5.92 Å². The van der Waals surface area contributed by atoms with Crippen LogP contribution in [0.15, 0.2) is 36.7 Å². The number of carbonyl (C=O) groups is 1. The smallest absolute Gasteiger partial charge is 0.260 e. The monoisotopic (exact) mass is 353 g/mol. The van der Waals surface area contributed by atoms with E-state index in [0.717, 1.165) is 55.5 Å². The third-order valence-corrected chi connectivity index (χ3v) is 5.39. The summed E-state index contributed by atoms with van der Waals surface area (Å²) in [6.07, 6.45) is 8.79. The van der Waals surface area contributed by atoms with Gasteiger partial charge in [0.2, 0.25) is 0 Å². The number of aromatic nitrogens is 2. The number of aryl methyl sites for hydroxylation is 1. The predicted octanol–water partition coefficient (Wildman–Crippen LogP) is 3.39. The van der Waals surface area contributed by atoms with Gasteiger partial charge in [0.15, 0.2) is 6.61 Å². The van der Waals surface area contributed by atoms with Gasteiger partial charge >= 0.3 is 0 Å². The lowest BCUT2D eigenvalue weighted by molar-refractivity contribution is -0.134. The number of amides is 1. The van der Waals surface area contributed by atoms with E-state index in [4.69, 9.17) is 4.74 Å². The van der Waals surface area contributed by atoms with Crippen molar-refractivity contribution in [3.05, 3.63) is 48.0 Å². The zero-order chi connectivity index (χ0) is 17.9. The molecule has 1 aliphatic heterocycles. The molecule has 1 saturated heterocycles. The average Bonchev–Trinajstić information content (AvgIpc) is 3.35. The molecular formula is C21H27N3O2. The molecule has 0 N–H and O–H groups in total. The molecule has 1 atom stereocenters. The fraction of sp³-hybridized carbons (Fsp3) is 0.524. The van der Waals surface area contributed by atoms with E-state index in [9.17, 15) is 4.79 Å². The highest BCUT2D eigenvalue weighted by atomic mass is 16.5. The molecule has 1 aromatic heterocycles. The van der Waals surface area contributed by atoms with Gasteiger partial charge in [-0.2, -0.15) is 0 Å². The second-order valence-electron chi connectivity index (χ2n) is 7.67. The number of benzene rings is 1. The number of imidazole rings is 1. The Morgan fingerprint density at radius 1 is 1.31 bits per heavy atom. The molecule has 2 aliphatic rings. The Hall–Kier alpha value is -2.30. The Balaban J connectivity index is 1.35. The van der Waals surface area contributed by atoms with Gasteiger partial charge in [-0.05, 0) is 56.2 Å². The normalized spacial score (nSPS) is 20.2. The molecule has 0 unspecified atom stereocenters. The zero-order valence-corrected chi connectivity index (χ0v) is 15.4. The molecule has 5 heteroatoms. The Labute approximate surface area is 155 Å². The van der Waals surface area contributed by atoms with Crippen LogP contribution in [0.2, 0.25) is 0 Å². The number of rotatable bonds is 6. The standard InChI is InChI=1S/C21H27N3O2/c1-16-4-2-6-19(12-16)26-15-20(25)23-10-3-5-18(14-23)21-22-9-11-24(21)13-17-7-8-17/h2,4,6,9,11-12,17-18H,3,5,7-8,10,13-15H2,1H3/t18-/m1/s1.